The highest BCUT2D eigenvalue weighted by atomic mass is 16.5. The standard InChI is InChI=1S/C28H29N3O4/c1-18-14-24(19(2)30(18)16-23-10-7-13-34-23)27(32)17-35-28(33)21-11-12-26-25(15-21)29-20(3)31(26)22-8-5-4-6-9-22/h4-6,8-9,11-12,14-15,23H,7,10,13,16-17H2,1-3H3. The number of ketones is 1. The number of carbonyl (C=O) groups is 2. The molecule has 0 spiro atoms. The smallest absolute Gasteiger partial charge is 0.338 e. The molecule has 1 unspecified atom stereocenters. The van der Waals surface area contributed by atoms with Crippen molar-refractivity contribution in [2.24, 2.45) is 0 Å². The van der Waals surface area contributed by atoms with Gasteiger partial charge >= 0.3 is 5.97 Å². The van der Waals surface area contributed by atoms with E-state index in [0.29, 0.717) is 16.6 Å². The van der Waals surface area contributed by atoms with Crippen molar-refractivity contribution in [2.45, 2.75) is 46.3 Å². The summed E-state index contributed by atoms with van der Waals surface area (Å²) in [5.74, 6) is 0.0703. The highest BCUT2D eigenvalue weighted by Crippen LogP contribution is 2.23. The van der Waals surface area contributed by atoms with Crippen molar-refractivity contribution in [3.05, 3.63) is 82.9 Å². The van der Waals surface area contributed by atoms with Gasteiger partial charge in [0.2, 0.25) is 5.78 Å². The van der Waals surface area contributed by atoms with E-state index in [0.717, 1.165) is 54.4 Å². The predicted octanol–water partition coefficient (Wildman–Crippen LogP) is 4.97. The molecule has 0 saturated carbocycles. The minimum Gasteiger partial charge on any atom is -0.454 e. The van der Waals surface area contributed by atoms with Gasteiger partial charge in [0.25, 0.3) is 0 Å². The Balaban J connectivity index is 1.29. The zero-order valence-corrected chi connectivity index (χ0v) is 20.3. The van der Waals surface area contributed by atoms with Gasteiger partial charge in [0, 0.05) is 35.8 Å². The summed E-state index contributed by atoms with van der Waals surface area (Å²) in [5.41, 5.74) is 5.44. The Labute approximate surface area is 204 Å². The number of aryl methyl sites for hydroxylation is 2. The maximum Gasteiger partial charge on any atom is 0.338 e. The van der Waals surface area contributed by atoms with Gasteiger partial charge in [0.1, 0.15) is 5.82 Å². The monoisotopic (exact) mass is 471 g/mol. The van der Waals surface area contributed by atoms with Crippen LogP contribution in [0.1, 0.15) is 50.8 Å². The van der Waals surface area contributed by atoms with Gasteiger partial charge in [-0.1, -0.05) is 18.2 Å². The van der Waals surface area contributed by atoms with Crippen molar-refractivity contribution >= 4 is 22.8 Å². The third kappa shape index (κ3) is 4.51. The molecule has 1 fully saturated rings. The van der Waals surface area contributed by atoms with Gasteiger partial charge in [0.05, 0.1) is 22.7 Å². The summed E-state index contributed by atoms with van der Waals surface area (Å²) in [4.78, 5) is 30.2. The number of imidazole rings is 1. The van der Waals surface area contributed by atoms with E-state index in [1.54, 1.807) is 12.1 Å². The molecule has 5 rings (SSSR count). The molecule has 0 N–H and O–H groups in total. The van der Waals surface area contributed by atoms with Crippen molar-refractivity contribution < 1.29 is 19.1 Å². The molecule has 35 heavy (non-hydrogen) atoms. The van der Waals surface area contributed by atoms with E-state index in [2.05, 4.69) is 9.55 Å². The lowest BCUT2D eigenvalue weighted by Gasteiger charge is -2.14. The Bertz CT molecular complexity index is 1390. The largest absolute Gasteiger partial charge is 0.454 e. The lowest BCUT2D eigenvalue weighted by molar-refractivity contribution is 0.0474. The number of rotatable bonds is 7. The second-order valence-electron chi connectivity index (χ2n) is 9.06. The third-order valence-corrected chi connectivity index (χ3v) is 6.69. The lowest BCUT2D eigenvalue weighted by Crippen LogP contribution is -2.18. The van der Waals surface area contributed by atoms with Crippen LogP contribution in [0.15, 0.2) is 54.6 Å². The Kier molecular flexibility index (Phi) is 6.26. The molecule has 4 aromatic rings. The van der Waals surface area contributed by atoms with Crippen LogP contribution in [0.2, 0.25) is 0 Å². The molecule has 0 radical (unpaired) electrons. The van der Waals surface area contributed by atoms with E-state index in [4.69, 9.17) is 9.47 Å². The van der Waals surface area contributed by atoms with Gasteiger partial charge in [-0.05, 0) is 70.0 Å². The second kappa shape index (κ2) is 9.50. The molecule has 7 heteroatoms. The van der Waals surface area contributed by atoms with Crippen LogP contribution in [0, 0.1) is 20.8 Å². The number of hydrogen-bond acceptors (Lipinski definition) is 5. The Morgan fingerprint density at radius 3 is 2.63 bits per heavy atom. The van der Waals surface area contributed by atoms with Crippen LogP contribution in [0.5, 0.6) is 0 Å². The summed E-state index contributed by atoms with van der Waals surface area (Å²) in [6.45, 7) is 7.06. The molecule has 1 atom stereocenters. The van der Waals surface area contributed by atoms with Gasteiger partial charge in [0.15, 0.2) is 6.61 Å². The van der Waals surface area contributed by atoms with Crippen LogP contribution in [-0.4, -0.2) is 45.2 Å². The highest BCUT2D eigenvalue weighted by molar-refractivity contribution is 6.01. The van der Waals surface area contributed by atoms with Crippen molar-refractivity contribution in [1.82, 2.24) is 14.1 Å². The van der Waals surface area contributed by atoms with Crippen LogP contribution in [-0.2, 0) is 16.0 Å². The van der Waals surface area contributed by atoms with Gasteiger partial charge in [-0.15, -0.1) is 0 Å². The van der Waals surface area contributed by atoms with E-state index in [9.17, 15) is 9.59 Å². The van der Waals surface area contributed by atoms with Crippen LogP contribution in [0.3, 0.4) is 0 Å². The fraction of sp³-hybridized carbons (Fsp3) is 0.321. The number of benzene rings is 2. The van der Waals surface area contributed by atoms with Crippen LogP contribution >= 0.6 is 0 Å². The number of hydrogen-bond donors (Lipinski definition) is 0. The van der Waals surface area contributed by atoms with Crippen LogP contribution in [0.25, 0.3) is 16.7 Å². The average Bonchev–Trinajstić information content (AvgIpc) is 3.56. The topological polar surface area (TPSA) is 75.4 Å². The number of carbonyl (C=O) groups excluding carboxylic acids is 2. The van der Waals surface area contributed by atoms with Crippen LogP contribution < -0.4 is 0 Å². The average molecular weight is 472 g/mol. The molecular weight excluding hydrogens is 442 g/mol. The molecule has 1 saturated heterocycles. The minimum absolute atomic E-state index is 0.185. The summed E-state index contributed by atoms with van der Waals surface area (Å²) in [7, 11) is 0. The molecule has 0 amide bonds. The molecule has 2 aromatic heterocycles. The molecular formula is C28H29N3O4. The van der Waals surface area contributed by atoms with Crippen molar-refractivity contribution in [3.8, 4) is 5.69 Å². The zero-order chi connectivity index (χ0) is 24.5. The SMILES string of the molecule is Cc1cc(C(=O)COC(=O)c2ccc3c(c2)nc(C)n3-c2ccccc2)c(C)n1CC1CCCO1. The normalized spacial score (nSPS) is 15.6. The minimum atomic E-state index is -0.541. The Hall–Kier alpha value is -3.71. The number of fused-ring (bicyclic) bond motifs is 1. The first-order chi connectivity index (χ1) is 16.9. The number of Topliss-reactive ketones (excluding diaryl/α,β-unsaturated/α-hetero) is 1. The summed E-state index contributed by atoms with van der Waals surface area (Å²) in [6, 6.07) is 17.1. The molecule has 180 valence electrons. The number of para-hydroxylation sites is 1. The van der Waals surface area contributed by atoms with Gasteiger partial charge in [-0.25, -0.2) is 9.78 Å². The van der Waals surface area contributed by atoms with Crippen molar-refractivity contribution in [3.63, 3.8) is 0 Å². The first kappa shape index (κ1) is 23.1. The van der Waals surface area contributed by atoms with E-state index in [1.807, 2.05) is 67.8 Å². The number of ether oxygens (including phenoxy) is 2. The highest BCUT2D eigenvalue weighted by Gasteiger charge is 2.22. The fourth-order valence-corrected chi connectivity index (χ4v) is 4.88. The molecule has 0 aliphatic carbocycles. The second-order valence-corrected chi connectivity index (χ2v) is 9.06. The fourth-order valence-electron chi connectivity index (χ4n) is 4.88. The number of aromatic nitrogens is 3. The third-order valence-electron chi connectivity index (χ3n) is 6.69. The summed E-state index contributed by atoms with van der Waals surface area (Å²) in [6.07, 6.45) is 2.29. The summed E-state index contributed by atoms with van der Waals surface area (Å²) in [5, 5.41) is 0. The van der Waals surface area contributed by atoms with Crippen LogP contribution in [0.4, 0.5) is 0 Å². The molecule has 3 heterocycles. The molecule has 2 aromatic carbocycles. The maximum absolute atomic E-state index is 12.9. The van der Waals surface area contributed by atoms with Gasteiger partial charge < -0.3 is 14.0 Å². The van der Waals surface area contributed by atoms with E-state index in [1.165, 1.54) is 0 Å². The lowest BCUT2D eigenvalue weighted by atomic mass is 10.1. The first-order valence-corrected chi connectivity index (χ1v) is 12.0. The Morgan fingerprint density at radius 1 is 1.09 bits per heavy atom. The quantitative estimate of drug-likeness (QED) is 0.281. The van der Waals surface area contributed by atoms with Gasteiger partial charge in [-0.2, -0.15) is 0 Å². The summed E-state index contributed by atoms with van der Waals surface area (Å²) >= 11 is 0. The molecule has 1 aliphatic heterocycles. The van der Waals surface area contributed by atoms with E-state index in [-0.39, 0.29) is 18.5 Å². The summed E-state index contributed by atoms with van der Waals surface area (Å²) < 4.78 is 15.3. The molecule has 1 aliphatic rings. The van der Waals surface area contributed by atoms with Crippen molar-refractivity contribution in [2.75, 3.05) is 13.2 Å². The van der Waals surface area contributed by atoms with E-state index >= 15 is 0 Å². The predicted molar refractivity (Wildman–Crippen MR) is 133 cm³/mol. The first-order valence-electron chi connectivity index (χ1n) is 12.0. The number of esters is 1. The zero-order valence-electron chi connectivity index (χ0n) is 20.3. The Morgan fingerprint density at radius 2 is 1.89 bits per heavy atom. The van der Waals surface area contributed by atoms with Crippen molar-refractivity contribution in [1.29, 1.82) is 0 Å². The molecule has 7 nitrogen and oxygen atoms in total. The molecule has 0 bridgehead atoms. The maximum atomic E-state index is 12.9. The van der Waals surface area contributed by atoms with E-state index < -0.39 is 5.97 Å². The number of nitrogens with zero attached hydrogens (tertiary/aromatic N) is 3. The van der Waals surface area contributed by atoms with Gasteiger partial charge in [-0.3, -0.25) is 9.36 Å².